The zero-order chi connectivity index (χ0) is 14.5. The van der Waals surface area contributed by atoms with Gasteiger partial charge < -0.3 is 15.2 Å². The third-order valence-electron chi connectivity index (χ3n) is 2.74. The van der Waals surface area contributed by atoms with E-state index < -0.39 is 6.09 Å². The molecule has 0 bridgehead atoms. The summed E-state index contributed by atoms with van der Waals surface area (Å²) in [7, 11) is 0. The number of carbonyl (C=O) groups is 1. The van der Waals surface area contributed by atoms with Crippen LogP contribution in [0.4, 0.5) is 4.79 Å². The Morgan fingerprint density at radius 2 is 2.00 bits per heavy atom. The molecule has 2 N–H and O–H groups in total. The Bertz CT molecular complexity index is 436. The van der Waals surface area contributed by atoms with Crippen LogP contribution < -0.4 is 15.2 Å². The van der Waals surface area contributed by atoms with Gasteiger partial charge in [0.1, 0.15) is 11.5 Å². The molecule has 1 rings (SSSR count). The molecular weight excluding hydrogens is 242 g/mol. The summed E-state index contributed by atoms with van der Waals surface area (Å²) in [5, 5.41) is 0. The lowest BCUT2D eigenvalue weighted by molar-refractivity contribution is 0.209. The van der Waals surface area contributed by atoms with Crippen LogP contribution in [0.2, 0.25) is 0 Å². The summed E-state index contributed by atoms with van der Waals surface area (Å²) in [6.07, 6.45) is 1.31. The maximum atomic E-state index is 10.9. The number of amides is 1. The van der Waals surface area contributed by atoms with Crippen molar-refractivity contribution in [3.05, 3.63) is 23.8 Å². The Kier molecular flexibility index (Phi) is 5.21. The molecule has 1 aromatic rings. The molecule has 4 nitrogen and oxygen atoms in total. The number of hydrogen-bond donors (Lipinski definition) is 1. The summed E-state index contributed by atoms with van der Waals surface area (Å²) >= 11 is 0. The Labute approximate surface area is 114 Å². The van der Waals surface area contributed by atoms with Crippen LogP contribution in [0, 0.1) is 0 Å². The van der Waals surface area contributed by atoms with Gasteiger partial charge in [0.15, 0.2) is 0 Å². The van der Waals surface area contributed by atoms with Crippen molar-refractivity contribution in [2.24, 2.45) is 5.73 Å². The molecule has 0 spiro atoms. The number of ether oxygens (including phenoxy) is 2. The predicted octanol–water partition coefficient (Wildman–Crippen LogP) is 3.62. The molecule has 0 atom stereocenters. The number of unbranched alkanes of at least 4 members (excludes halogenated alkanes) is 1. The zero-order valence-electron chi connectivity index (χ0n) is 12.2. The van der Waals surface area contributed by atoms with E-state index in [1.807, 2.05) is 26.8 Å². The summed E-state index contributed by atoms with van der Waals surface area (Å²) in [5.74, 6) is 1.28. The van der Waals surface area contributed by atoms with Crippen molar-refractivity contribution in [1.29, 1.82) is 0 Å². The van der Waals surface area contributed by atoms with Crippen LogP contribution in [0.25, 0.3) is 0 Å². The highest BCUT2D eigenvalue weighted by Crippen LogP contribution is 2.34. The SMILES string of the molecule is CCCCOc1ccc(OC(N)=O)c(C(C)(C)C)c1. The van der Waals surface area contributed by atoms with Gasteiger partial charge in [0.05, 0.1) is 6.61 Å². The van der Waals surface area contributed by atoms with Gasteiger partial charge in [0.2, 0.25) is 0 Å². The lowest BCUT2D eigenvalue weighted by Crippen LogP contribution is -2.20. The molecule has 0 unspecified atom stereocenters. The molecule has 0 saturated heterocycles. The fraction of sp³-hybridized carbons (Fsp3) is 0.533. The predicted molar refractivity (Wildman–Crippen MR) is 75.8 cm³/mol. The number of benzene rings is 1. The van der Waals surface area contributed by atoms with E-state index in [0.717, 1.165) is 24.2 Å². The minimum atomic E-state index is -0.801. The molecular formula is C15H23NO3. The van der Waals surface area contributed by atoms with Gasteiger partial charge in [-0.3, -0.25) is 0 Å². The Morgan fingerprint density at radius 3 is 2.53 bits per heavy atom. The first-order chi connectivity index (χ1) is 8.84. The highest BCUT2D eigenvalue weighted by molar-refractivity contribution is 5.69. The molecule has 0 aliphatic carbocycles. The second-order valence-electron chi connectivity index (χ2n) is 5.53. The highest BCUT2D eigenvalue weighted by atomic mass is 16.5. The van der Waals surface area contributed by atoms with Crippen molar-refractivity contribution in [2.75, 3.05) is 6.61 Å². The zero-order valence-corrected chi connectivity index (χ0v) is 12.2. The molecule has 19 heavy (non-hydrogen) atoms. The third-order valence-corrected chi connectivity index (χ3v) is 2.74. The molecule has 0 radical (unpaired) electrons. The first-order valence-corrected chi connectivity index (χ1v) is 6.59. The van der Waals surface area contributed by atoms with Crippen LogP contribution in [0.3, 0.4) is 0 Å². The van der Waals surface area contributed by atoms with Crippen LogP contribution in [-0.4, -0.2) is 12.7 Å². The Morgan fingerprint density at radius 1 is 1.32 bits per heavy atom. The van der Waals surface area contributed by atoms with Crippen LogP contribution in [0.5, 0.6) is 11.5 Å². The fourth-order valence-corrected chi connectivity index (χ4v) is 1.72. The van der Waals surface area contributed by atoms with E-state index in [1.165, 1.54) is 0 Å². The van der Waals surface area contributed by atoms with Crippen LogP contribution >= 0.6 is 0 Å². The number of hydrogen-bond acceptors (Lipinski definition) is 3. The number of carbonyl (C=O) groups excluding carboxylic acids is 1. The normalized spacial score (nSPS) is 11.2. The topological polar surface area (TPSA) is 61.6 Å². The van der Waals surface area contributed by atoms with E-state index in [-0.39, 0.29) is 5.41 Å². The molecule has 0 fully saturated rings. The molecule has 1 aromatic carbocycles. The van der Waals surface area contributed by atoms with Crippen molar-refractivity contribution in [3.63, 3.8) is 0 Å². The van der Waals surface area contributed by atoms with Gasteiger partial charge in [-0.2, -0.15) is 0 Å². The van der Waals surface area contributed by atoms with Crippen LogP contribution in [0.1, 0.15) is 46.1 Å². The number of rotatable bonds is 5. The second kappa shape index (κ2) is 6.45. The molecule has 4 heteroatoms. The van der Waals surface area contributed by atoms with Crippen molar-refractivity contribution in [2.45, 2.75) is 46.0 Å². The monoisotopic (exact) mass is 265 g/mol. The minimum absolute atomic E-state index is 0.158. The van der Waals surface area contributed by atoms with Crippen LogP contribution in [-0.2, 0) is 5.41 Å². The Hall–Kier alpha value is -1.71. The van der Waals surface area contributed by atoms with Crippen LogP contribution in [0.15, 0.2) is 18.2 Å². The second-order valence-corrected chi connectivity index (χ2v) is 5.53. The van der Waals surface area contributed by atoms with Crippen molar-refractivity contribution >= 4 is 6.09 Å². The maximum absolute atomic E-state index is 10.9. The van der Waals surface area contributed by atoms with Gasteiger partial charge >= 0.3 is 6.09 Å². The summed E-state index contributed by atoms with van der Waals surface area (Å²) in [5.41, 5.74) is 5.83. The van der Waals surface area contributed by atoms with Gasteiger partial charge in [-0.15, -0.1) is 0 Å². The molecule has 0 aliphatic heterocycles. The summed E-state index contributed by atoms with van der Waals surface area (Å²) in [6, 6.07) is 5.43. The van der Waals surface area contributed by atoms with Gasteiger partial charge in [-0.25, -0.2) is 4.79 Å². The lowest BCUT2D eigenvalue weighted by Gasteiger charge is -2.22. The van der Waals surface area contributed by atoms with E-state index >= 15 is 0 Å². The molecule has 1 amide bonds. The van der Waals surface area contributed by atoms with Gasteiger partial charge in [-0.05, 0) is 30.0 Å². The van der Waals surface area contributed by atoms with Crippen molar-refractivity contribution in [3.8, 4) is 11.5 Å². The molecule has 0 aliphatic rings. The van der Waals surface area contributed by atoms with E-state index in [9.17, 15) is 4.79 Å². The standard InChI is InChI=1S/C15H23NO3/c1-5-6-9-18-11-7-8-13(19-14(16)17)12(10-11)15(2,3)4/h7-8,10H,5-6,9H2,1-4H3,(H2,16,17). The molecule has 0 saturated carbocycles. The van der Waals surface area contributed by atoms with Gasteiger partial charge in [0, 0.05) is 5.56 Å². The molecule has 0 aromatic heterocycles. The number of nitrogens with two attached hydrogens (primary N) is 1. The molecule has 106 valence electrons. The number of primary amides is 1. The minimum Gasteiger partial charge on any atom is -0.494 e. The third kappa shape index (κ3) is 4.81. The smallest absolute Gasteiger partial charge is 0.409 e. The average molecular weight is 265 g/mol. The van der Waals surface area contributed by atoms with Gasteiger partial charge in [-0.1, -0.05) is 34.1 Å². The van der Waals surface area contributed by atoms with E-state index in [2.05, 4.69) is 6.92 Å². The summed E-state index contributed by atoms with van der Waals surface area (Å²) in [6.45, 7) is 8.95. The average Bonchev–Trinajstić information content (AvgIpc) is 2.29. The first-order valence-electron chi connectivity index (χ1n) is 6.59. The molecule has 0 heterocycles. The summed E-state index contributed by atoms with van der Waals surface area (Å²) < 4.78 is 10.7. The maximum Gasteiger partial charge on any atom is 0.409 e. The highest BCUT2D eigenvalue weighted by Gasteiger charge is 2.21. The van der Waals surface area contributed by atoms with E-state index in [1.54, 1.807) is 12.1 Å². The van der Waals surface area contributed by atoms with Crippen molar-refractivity contribution < 1.29 is 14.3 Å². The van der Waals surface area contributed by atoms with Crippen molar-refractivity contribution in [1.82, 2.24) is 0 Å². The fourth-order valence-electron chi connectivity index (χ4n) is 1.72. The van der Waals surface area contributed by atoms with E-state index in [4.69, 9.17) is 15.2 Å². The Balaban J connectivity index is 2.98. The quantitative estimate of drug-likeness (QED) is 0.827. The summed E-state index contributed by atoms with van der Waals surface area (Å²) in [4.78, 5) is 10.9. The van der Waals surface area contributed by atoms with E-state index in [0.29, 0.717) is 12.4 Å². The lowest BCUT2D eigenvalue weighted by atomic mass is 9.86. The first kappa shape index (κ1) is 15.3. The van der Waals surface area contributed by atoms with Gasteiger partial charge in [0.25, 0.3) is 0 Å². The largest absolute Gasteiger partial charge is 0.494 e.